The quantitative estimate of drug-likeness (QED) is 0.773. The highest BCUT2D eigenvalue weighted by atomic mass is 15.4. The minimum Gasteiger partial charge on any atom is -0.382 e. The van der Waals surface area contributed by atoms with Crippen molar-refractivity contribution >= 4 is 5.82 Å². The van der Waals surface area contributed by atoms with Crippen molar-refractivity contribution in [2.24, 2.45) is 0 Å². The lowest BCUT2D eigenvalue weighted by Gasteiger charge is -2.23. The normalized spacial score (nSPS) is 15.8. The molecule has 0 amide bonds. The third kappa shape index (κ3) is 1.56. The molecule has 0 saturated heterocycles. The number of hydrogen-bond acceptors (Lipinski definition) is 3. The van der Waals surface area contributed by atoms with Crippen molar-refractivity contribution < 1.29 is 0 Å². The van der Waals surface area contributed by atoms with Crippen molar-refractivity contribution in [3.8, 4) is 11.4 Å². The van der Waals surface area contributed by atoms with Crippen molar-refractivity contribution in [1.82, 2.24) is 9.66 Å². The molecule has 4 N–H and O–H groups in total. The molecule has 4 heteroatoms. The highest BCUT2D eigenvalue weighted by molar-refractivity contribution is 5.61. The lowest BCUT2D eigenvalue weighted by molar-refractivity contribution is 0.413. The molecule has 0 atom stereocenters. The lowest BCUT2D eigenvalue weighted by atomic mass is 9.83. The standard InChI is InChI=1S/C13H16N4/c14-12-11(9-7-4-8-9)16-13(17(12)15)10-5-2-1-3-6-10/h1-3,5-6,9H,4,7-8,14-15H2. The van der Waals surface area contributed by atoms with E-state index < -0.39 is 0 Å². The number of hydrogen-bond donors (Lipinski definition) is 2. The molecule has 1 saturated carbocycles. The molecule has 1 aromatic heterocycles. The van der Waals surface area contributed by atoms with Gasteiger partial charge in [-0.1, -0.05) is 36.8 Å². The van der Waals surface area contributed by atoms with Gasteiger partial charge in [-0.05, 0) is 12.8 Å². The summed E-state index contributed by atoms with van der Waals surface area (Å²) in [5, 5.41) is 0. The van der Waals surface area contributed by atoms with Gasteiger partial charge in [0.15, 0.2) is 5.82 Å². The van der Waals surface area contributed by atoms with Crippen LogP contribution in [0, 0.1) is 0 Å². The second kappa shape index (κ2) is 3.80. The van der Waals surface area contributed by atoms with Gasteiger partial charge >= 0.3 is 0 Å². The van der Waals surface area contributed by atoms with Gasteiger partial charge in [-0.2, -0.15) is 0 Å². The van der Waals surface area contributed by atoms with E-state index in [1.165, 1.54) is 23.9 Å². The first-order valence-corrected chi connectivity index (χ1v) is 5.96. The molecule has 2 aromatic rings. The number of imidazole rings is 1. The zero-order chi connectivity index (χ0) is 11.8. The van der Waals surface area contributed by atoms with Crippen molar-refractivity contribution in [2.75, 3.05) is 11.6 Å². The molecular formula is C13H16N4. The molecular weight excluding hydrogens is 212 g/mol. The van der Waals surface area contributed by atoms with Crippen LogP contribution in [0.2, 0.25) is 0 Å². The molecule has 0 unspecified atom stereocenters. The van der Waals surface area contributed by atoms with Gasteiger partial charge in [-0.25, -0.2) is 9.66 Å². The molecule has 88 valence electrons. The predicted molar refractivity (Wildman–Crippen MR) is 68.8 cm³/mol. The molecule has 1 fully saturated rings. The maximum atomic E-state index is 6.03. The van der Waals surface area contributed by atoms with Crippen molar-refractivity contribution in [3.05, 3.63) is 36.0 Å². The fraction of sp³-hybridized carbons (Fsp3) is 0.308. The summed E-state index contributed by atoms with van der Waals surface area (Å²) in [6.07, 6.45) is 3.62. The van der Waals surface area contributed by atoms with E-state index >= 15 is 0 Å². The van der Waals surface area contributed by atoms with Crippen molar-refractivity contribution in [2.45, 2.75) is 25.2 Å². The van der Waals surface area contributed by atoms with Crippen LogP contribution in [-0.2, 0) is 0 Å². The van der Waals surface area contributed by atoms with Crippen LogP contribution in [0.5, 0.6) is 0 Å². The van der Waals surface area contributed by atoms with Crippen LogP contribution in [-0.4, -0.2) is 9.66 Å². The van der Waals surface area contributed by atoms with Crippen LogP contribution in [0.4, 0.5) is 5.82 Å². The van der Waals surface area contributed by atoms with E-state index in [-0.39, 0.29) is 0 Å². The Morgan fingerprint density at radius 1 is 1.18 bits per heavy atom. The fourth-order valence-electron chi connectivity index (χ4n) is 2.24. The number of anilines is 1. The Labute approximate surface area is 100 Å². The van der Waals surface area contributed by atoms with Crippen LogP contribution in [0.25, 0.3) is 11.4 Å². The van der Waals surface area contributed by atoms with E-state index in [2.05, 4.69) is 4.98 Å². The molecule has 1 aliphatic carbocycles. The van der Waals surface area contributed by atoms with E-state index in [1.807, 2.05) is 30.3 Å². The Morgan fingerprint density at radius 3 is 2.47 bits per heavy atom. The van der Waals surface area contributed by atoms with Gasteiger partial charge in [0.1, 0.15) is 5.82 Å². The van der Waals surface area contributed by atoms with Gasteiger partial charge in [0.2, 0.25) is 0 Å². The van der Waals surface area contributed by atoms with Crippen molar-refractivity contribution in [1.29, 1.82) is 0 Å². The summed E-state index contributed by atoms with van der Waals surface area (Å²) in [5.74, 6) is 7.84. The summed E-state index contributed by atoms with van der Waals surface area (Å²) in [5.41, 5.74) is 8.00. The van der Waals surface area contributed by atoms with Gasteiger partial charge in [-0.15, -0.1) is 0 Å². The van der Waals surface area contributed by atoms with Gasteiger partial charge in [0.05, 0.1) is 5.69 Å². The Bertz CT molecular complexity index is 526. The first-order chi connectivity index (χ1) is 8.27. The monoisotopic (exact) mass is 228 g/mol. The second-order valence-corrected chi connectivity index (χ2v) is 4.57. The first-order valence-electron chi connectivity index (χ1n) is 5.96. The summed E-state index contributed by atoms with van der Waals surface area (Å²) < 4.78 is 1.50. The molecule has 4 nitrogen and oxygen atoms in total. The van der Waals surface area contributed by atoms with Gasteiger partial charge < -0.3 is 11.6 Å². The molecule has 17 heavy (non-hydrogen) atoms. The third-order valence-corrected chi connectivity index (χ3v) is 3.50. The number of rotatable bonds is 2. The van der Waals surface area contributed by atoms with E-state index in [4.69, 9.17) is 11.6 Å². The van der Waals surface area contributed by atoms with E-state index in [1.54, 1.807) is 0 Å². The van der Waals surface area contributed by atoms with Crippen LogP contribution < -0.4 is 11.6 Å². The Morgan fingerprint density at radius 2 is 1.88 bits per heavy atom. The summed E-state index contributed by atoms with van der Waals surface area (Å²) in [7, 11) is 0. The lowest BCUT2D eigenvalue weighted by Crippen LogP contribution is -2.15. The maximum absolute atomic E-state index is 6.03. The molecule has 1 aromatic carbocycles. The Kier molecular flexibility index (Phi) is 2.28. The molecule has 0 bridgehead atoms. The molecule has 0 spiro atoms. The van der Waals surface area contributed by atoms with E-state index in [9.17, 15) is 0 Å². The SMILES string of the molecule is Nc1c(C2CCC2)nc(-c2ccccc2)n1N. The van der Waals surface area contributed by atoms with E-state index in [0.717, 1.165) is 17.1 Å². The highest BCUT2D eigenvalue weighted by Gasteiger charge is 2.26. The smallest absolute Gasteiger partial charge is 0.160 e. The van der Waals surface area contributed by atoms with Crippen molar-refractivity contribution in [3.63, 3.8) is 0 Å². The highest BCUT2D eigenvalue weighted by Crippen LogP contribution is 2.39. The zero-order valence-corrected chi connectivity index (χ0v) is 9.63. The zero-order valence-electron chi connectivity index (χ0n) is 9.63. The molecule has 1 heterocycles. The molecule has 3 rings (SSSR count). The van der Waals surface area contributed by atoms with Crippen LogP contribution >= 0.6 is 0 Å². The molecule has 0 aliphatic heterocycles. The predicted octanol–water partition coefficient (Wildman–Crippen LogP) is 2.11. The molecule has 1 aliphatic rings. The first kappa shape index (κ1) is 10.2. The largest absolute Gasteiger partial charge is 0.382 e. The number of nitrogens with zero attached hydrogens (tertiary/aromatic N) is 2. The second-order valence-electron chi connectivity index (χ2n) is 4.57. The number of benzene rings is 1. The van der Waals surface area contributed by atoms with Gasteiger partial charge in [0.25, 0.3) is 0 Å². The summed E-state index contributed by atoms with van der Waals surface area (Å²) in [6.45, 7) is 0. The summed E-state index contributed by atoms with van der Waals surface area (Å²) in [6, 6.07) is 9.92. The van der Waals surface area contributed by atoms with Gasteiger partial charge in [-0.3, -0.25) is 0 Å². The average molecular weight is 228 g/mol. The maximum Gasteiger partial charge on any atom is 0.160 e. The van der Waals surface area contributed by atoms with Crippen LogP contribution in [0.1, 0.15) is 30.9 Å². The van der Waals surface area contributed by atoms with Crippen LogP contribution in [0.3, 0.4) is 0 Å². The minimum absolute atomic E-state index is 0.502. The van der Waals surface area contributed by atoms with Crippen LogP contribution in [0.15, 0.2) is 30.3 Å². The third-order valence-electron chi connectivity index (χ3n) is 3.50. The minimum atomic E-state index is 0.502. The number of aromatic nitrogens is 2. The number of nitrogens with two attached hydrogens (primary N) is 2. The Balaban J connectivity index is 2.06. The topological polar surface area (TPSA) is 69.9 Å². The van der Waals surface area contributed by atoms with E-state index in [0.29, 0.717) is 11.7 Å². The fourth-order valence-corrected chi connectivity index (χ4v) is 2.24. The molecule has 0 radical (unpaired) electrons. The summed E-state index contributed by atoms with van der Waals surface area (Å²) >= 11 is 0. The average Bonchev–Trinajstić information content (AvgIpc) is 2.57. The summed E-state index contributed by atoms with van der Waals surface area (Å²) in [4.78, 5) is 4.61. The number of nitrogen functional groups attached to an aromatic ring is 2. The van der Waals surface area contributed by atoms with Gasteiger partial charge in [0, 0.05) is 11.5 Å². The Hall–Kier alpha value is -1.97.